The number of nitrogens with zero attached hydrogens (tertiary/aromatic N) is 6. The van der Waals surface area contributed by atoms with Gasteiger partial charge in [-0.15, -0.1) is 10.2 Å². The molecule has 3 aromatic heterocycles. The van der Waals surface area contributed by atoms with Crippen molar-refractivity contribution in [2.45, 2.75) is 6.92 Å². The lowest BCUT2D eigenvalue weighted by atomic mass is 10.2. The van der Waals surface area contributed by atoms with Crippen molar-refractivity contribution in [1.82, 2.24) is 29.6 Å². The van der Waals surface area contributed by atoms with E-state index in [4.69, 9.17) is 0 Å². The van der Waals surface area contributed by atoms with Crippen LogP contribution in [0.1, 0.15) is 5.69 Å². The van der Waals surface area contributed by atoms with Crippen LogP contribution in [-0.4, -0.2) is 29.6 Å². The fraction of sp³-hybridized carbons (Fsp3) is 0.143. The molecule has 0 aliphatic heterocycles. The van der Waals surface area contributed by atoms with Gasteiger partial charge in [0.15, 0.2) is 22.5 Å². The van der Waals surface area contributed by atoms with Gasteiger partial charge in [-0.25, -0.2) is 8.78 Å². The summed E-state index contributed by atoms with van der Waals surface area (Å²) in [6.07, 6.45) is 0. The first-order chi connectivity index (χ1) is 11.0. The number of hydrogen-bond donors (Lipinski definition) is 0. The first-order valence-corrected chi connectivity index (χ1v) is 7.53. The van der Waals surface area contributed by atoms with Gasteiger partial charge in [-0.3, -0.25) is 4.68 Å². The van der Waals surface area contributed by atoms with Crippen molar-refractivity contribution in [3.63, 3.8) is 0 Å². The van der Waals surface area contributed by atoms with Crippen LogP contribution in [0.3, 0.4) is 0 Å². The molecule has 0 saturated carbocycles. The van der Waals surface area contributed by atoms with Crippen LogP contribution < -0.4 is 0 Å². The average molecular weight is 332 g/mol. The molecular weight excluding hydrogens is 322 g/mol. The molecule has 0 fully saturated rings. The lowest BCUT2D eigenvalue weighted by Gasteiger charge is -1.98. The van der Waals surface area contributed by atoms with E-state index in [-0.39, 0.29) is 0 Å². The summed E-state index contributed by atoms with van der Waals surface area (Å²) in [6, 6.07) is 5.51. The molecule has 3 heterocycles. The maximum Gasteiger partial charge on any atom is 0.235 e. The molecule has 1 aromatic carbocycles. The summed E-state index contributed by atoms with van der Waals surface area (Å²) in [5.41, 5.74) is 2.15. The molecule has 0 amide bonds. The smallest absolute Gasteiger partial charge is 0.235 e. The molecule has 4 rings (SSSR count). The van der Waals surface area contributed by atoms with E-state index >= 15 is 0 Å². The van der Waals surface area contributed by atoms with E-state index < -0.39 is 11.6 Å². The van der Waals surface area contributed by atoms with Crippen molar-refractivity contribution < 1.29 is 8.78 Å². The predicted octanol–water partition coefficient (Wildman–Crippen LogP) is 2.84. The Kier molecular flexibility index (Phi) is 2.98. The molecule has 0 N–H and O–H groups in total. The van der Waals surface area contributed by atoms with E-state index in [9.17, 15) is 8.78 Å². The zero-order valence-corrected chi connectivity index (χ0v) is 13.0. The van der Waals surface area contributed by atoms with Crippen LogP contribution in [0.25, 0.3) is 27.1 Å². The number of benzene rings is 1. The Labute approximate surface area is 133 Å². The predicted molar refractivity (Wildman–Crippen MR) is 81.0 cm³/mol. The molecule has 0 saturated heterocycles. The number of aryl methyl sites for hydroxylation is 2. The van der Waals surface area contributed by atoms with Crippen LogP contribution in [0, 0.1) is 18.6 Å². The molecule has 0 bridgehead atoms. The largest absolute Gasteiger partial charge is 0.265 e. The maximum absolute atomic E-state index is 13.4. The third-order valence-corrected chi connectivity index (χ3v) is 4.31. The molecule has 23 heavy (non-hydrogen) atoms. The molecule has 0 atom stereocenters. The molecule has 116 valence electrons. The number of rotatable bonds is 2. The monoisotopic (exact) mass is 332 g/mol. The minimum Gasteiger partial charge on any atom is -0.265 e. The van der Waals surface area contributed by atoms with Gasteiger partial charge in [0.25, 0.3) is 0 Å². The summed E-state index contributed by atoms with van der Waals surface area (Å²) >= 11 is 1.35. The summed E-state index contributed by atoms with van der Waals surface area (Å²) in [5, 5.41) is 17.6. The van der Waals surface area contributed by atoms with Crippen molar-refractivity contribution in [1.29, 1.82) is 0 Å². The quantitative estimate of drug-likeness (QED) is 0.566. The van der Waals surface area contributed by atoms with Crippen LogP contribution >= 0.6 is 11.3 Å². The highest BCUT2D eigenvalue weighted by atomic mass is 32.1. The molecule has 0 aliphatic rings. The Hall–Kier alpha value is -2.68. The Morgan fingerprint density at radius 2 is 1.87 bits per heavy atom. The van der Waals surface area contributed by atoms with Gasteiger partial charge in [-0.1, -0.05) is 11.3 Å². The van der Waals surface area contributed by atoms with Gasteiger partial charge in [0, 0.05) is 12.6 Å². The number of fused-ring (bicyclic) bond motifs is 1. The second kappa shape index (κ2) is 4.92. The number of aromatic nitrogens is 6. The van der Waals surface area contributed by atoms with Crippen molar-refractivity contribution in [2.75, 3.05) is 0 Å². The number of halogens is 2. The molecule has 0 spiro atoms. The van der Waals surface area contributed by atoms with Gasteiger partial charge in [0.1, 0.15) is 0 Å². The van der Waals surface area contributed by atoms with Crippen molar-refractivity contribution >= 4 is 16.3 Å². The summed E-state index contributed by atoms with van der Waals surface area (Å²) in [4.78, 5) is 0.568. The van der Waals surface area contributed by atoms with Crippen LogP contribution in [0.2, 0.25) is 0 Å². The van der Waals surface area contributed by atoms with Gasteiger partial charge in [-0.05, 0) is 31.2 Å². The van der Waals surface area contributed by atoms with Gasteiger partial charge in [0.05, 0.1) is 11.4 Å². The summed E-state index contributed by atoms with van der Waals surface area (Å²) in [6.45, 7) is 1.90. The van der Waals surface area contributed by atoms with Crippen molar-refractivity contribution in [2.24, 2.45) is 7.05 Å². The van der Waals surface area contributed by atoms with Crippen LogP contribution in [0.15, 0.2) is 24.3 Å². The van der Waals surface area contributed by atoms with Gasteiger partial charge in [-0.2, -0.15) is 14.7 Å². The van der Waals surface area contributed by atoms with Crippen molar-refractivity contribution in [3.8, 4) is 22.1 Å². The summed E-state index contributed by atoms with van der Waals surface area (Å²) in [5.74, 6) is -1.48. The van der Waals surface area contributed by atoms with Crippen LogP contribution in [0.5, 0.6) is 0 Å². The zero-order chi connectivity index (χ0) is 16.1. The second-order valence-corrected chi connectivity index (χ2v) is 6.00. The fourth-order valence-electron chi connectivity index (χ4n) is 2.35. The highest BCUT2D eigenvalue weighted by molar-refractivity contribution is 7.19. The van der Waals surface area contributed by atoms with Crippen LogP contribution in [-0.2, 0) is 7.05 Å². The van der Waals surface area contributed by atoms with E-state index in [1.165, 1.54) is 21.9 Å². The van der Waals surface area contributed by atoms with E-state index in [2.05, 4.69) is 20.4 Å². The Bertz CT molecular complexity index is 1030. The molecule has 0 radical (unpaired) electrons. The molecule has 0 unspecified atom stereocenters. The minimum absolute atomic E-state index is 0.361. The third kappa shape index (κ3) is 2.20. The Morgan fingerprint density at radius 1 is 1.04 bits per heavy atom. The van der Waals surface area contributed by atoms with Crippen LogP contribution in [0.4, 0.5) is 8.78 Å². The molecule has 4 aromatic rings. The first kappa shape index (κ1) is 13.9. The molecule has 0 aliphatic carbocycles. The third-order valence-electron chi connectivity index (χ3n) is 3.39. The highest BCUT2D eigenvalue weighted by Crippen LogP contribution is 2.28. The van der Waals surface area contributed by atoms with E-state index in [0.29, 0.717) is 16.3 Å². The highest BCUT2D eigenvalue weighted by Gasteiger charge is 2.17. The molecule has 6 nitrogen and oxygen atoms in total. The van der Waals surface area contributed by atoms with Gasteiger partial charge in [0.2, 0.25) is 4.96 Å². The summed E-state index contributed by atoms with van der Waals surface area (Å²) < 4.78 is 29.8. The number of hydrogen-bond acceptors (Lipinski definition) is 5. The topological polar surface area (TPSA) is 60.9 Å². The van der Waals surface area contributed by atoms with Gasteiger partial charge < -0.3 is 0 Å². The average Bonchev–Trinajstić information content (AvgIpc) is 3.15. The molecular formula is C14H10F2N6S. The lowest BCUT2D eigenvalue weighted by Crippen LogP contribution is -1.96. The fourth-order valence-corrected chi connectivity index (χ4v) is 3.23. The summed E-state index contributed by atoms with van der Waals surface area (Å²) in [7, 11) is 1.83. The second-order valence-electron chi connectivity index (χ2n) is 5.05. The lowest BCUT2D eigenvalue weighted by molar-refractivity contribution is 0.509. The van der Waals surface area contributed by atoms with E-state index in [1.807, 2.05) is 20.0 Å². The van der Waals surface area contributed by atoms with Crippen molar-refractivity contribution in [3.05, 3.63) is 41.6 Å². The van der Waals surface area contributed by atoms with E-state index in [0.717, 1.165) is 28.5 Å². The SMILES string of the molecule is Cc1cc(-c2nn3c(-c4ccc(F)c(F)c4)nnc3s2)n(C)n1. The van der Waals surface area contributed by atoms with E-state index in [1.54, 1.807) is 4.68 Å². The normalized spacial score (nSPS) is 11.5. The minimum atomic E-state index is -0.933. The maximum atomic E-state index is 13.4. The molecule has 9 heteroatoms. The Balaban J connectivity index is 1.86. The standard InChI is InChI=1S/C14H10F2N6S/c1-7-5-11(21(2)19-7)13-20-22-12(17-18-14(22)23-13)8-3-4-9(15)10(16)6-8/h3-6H,1-2H3. The van der Waals surface area contributed by atoms with Gasteiger partial charge >= 0.3 is 0 Å². The Morgan fingerprint density at radius 3 is 2.57 bits per heavy atom. The first-order valence-electron chi connectivity index (χ1n) is 6.71. The zero-order valence-electron chi connectivity index (χ0n) is 12.2.